The van der Waals surface area contributed by atoms with Crippen molar-refractivity contribution >= 4 is 11.6 Å². The van der Waals surface area contributed by atoms with Crippen LogP contribution in [0, 0.1) is 12.8 Å². The first-order valence-corrected chi connectivity index (χ1v) is 12.1. The van der Waals surface area contributed by atoms with Gasteiger partial charge in [0.2, 0.25) is 12.7 Å². The molecule has 176 valence electrons. The summed E-state index contributed by atoms with van der Waals surface area (Å²) in [7, 11) is 0. The lowest BCUT2D eigenvalue weighted by Crippen LogP contribution is -2.27. The second-order valence-corrected chi connectivity index (χ2v) is 9.86. The minimum absolute atomic E-state index is 0.0349. The van der Waals surface area contributed by atoms with E-state index in [0.717, 1.165) is 59.8 Å². The highest BCUT2D eigenvalue weighted by Gasteiger charge is 2.51. The fraction of sp³-hybridized carbons (Fsp3) is 0.345. The van der Waals surface area contributed by atoms with Crippen molar-refractivity contribution in [1.29, 1.82) is 0 Å². The number of anilines is 1. The van der Waals surface area contributed by atoms with Gasteiger partial charge in [0.05, 0.1) is 5.41 Å². The van der Waals surface area contributed by atoms with E-state index in [1.54, 1.807) is 0 Å². The van der Waals surface area contributed by atoms with E-state index in [2.05, 4.69) is 67.8 Å². The van der Waals surface area contributed by atoms with Crippen LogP contribution in [-0.2, 0) is 16.8 Å². The third kappa shape index (κ3) is 4.53. The van der Waals surface area contributed by atoms with E-state index in [1.165, 1.54) is 11.1 Å². The van der Waals surface area contributed by atoms with Gasteiger partial charge in [-0.15, -0.1) is 0 Å². The standard InChI is InChI=1S/C29H32N2O3/c1-19(2)16-30-17-21-5-7-22(8-6-21)25-15-24(10-4-20(25)3)31-28(32)29(12-13-29)23-9-11-26-27(14-23)34-18-33-26/h4-11,14-15,19,30H,12-13,16-18H2,1-3H3,(H,31,32). The van der Waals surface area contributed by atoms with E-state index in [4.69, 9.17) is 9.47 Å². The Morgan fingerprint density at radius 3 is 2.47 bits per heavy atom. The maximum atomic E-state index is 13.3. The molecule has 0 bridgehead atoms. The maximum absolute atomic E-state index is 13.3. The van der Waals surface area contributed by atoms with Crippen LogP contribution in [0.2, 0.25) is 0 Å². The molecule has 3 aromatic carbocycles. The summed E-state index contributed by atoms with van der Waals surface area (Å²) in [6.07, 6.45) is 1.67. The van der Waals surface area contributed by atoms with Crippen molar-refractivity contribution in [3.8, 4) is 22.6 Å². The molecular weight excluding hydrogens is 424 g/mol. The number of amides is 1. The second kappa shape index (κ2) is 9.15. The Balaban J connectivity index is 1.31. The average Bonchev–Trinajstić information content (AvgIpc) is 3.51. The molecule has 2 aliphatic rings. The summed E-state index contributed by atoms with van der Waals surface area (Å²) in [6.45, 7) is 8.65. The molecule has 0 saturated heterocycles. The molecule has 1 saturated carbocycles. The van der Waals surface area contributed by atoms with Gasteiger partial charge >= 0.3 is 0 Å². The van der Waals surface area contributed by atoms with Crippen LogP contribution in [-0.4, -0.2) is 19.2 Å². The van der Waals surface area contributed by atoms with Crippen LogP contribution in [0.4, 0.5) is 5.69 Å². The minimum Gasteiger partial charge on any atom is -0.454 e. The first kappa shape index (κ1) is 22.5. The van der Waals surface area contributed by atoms with Gasteiger partial charge in [0, 0.05) is 12.2 Å². The van der Waals surface area contributed by atoms with Crippen LogP contribution in [0.25, 0.3) is 11.1 Å². The Hall–Kier alpha value is -3.31. The number of carbonyl (C=O) groups is 1. The van der Waals surface area contributed by atoms with Crippen molar-refractivity contribution in [2.45, 2.75) is 45.6 Å². The van der Waals surface area contributed by atoms with Gasteiger partial charge in [-0.05, 0) is 84.3 Å². The van der Waals surface area contributed by atoms with E-state index in [-0.39, 0.29) is 12.7 Å². The van der Waals surface area contributed by atoms with Crippen LogP contribution in [0.1, 0.15) is 43.4 Å². The van der Waals surface area contributed by atoms with Crippen LogP contribution in [0.5, 0.6) is 11.5 Å². The molecule has 0 aromatic heterocycles. The number of benzene rings is 3. The van der Waals surface area contributed by atoms with Gasteiger partial charge in [-0.3, -0.25) is 4.79 Å². The highest BCUT2D eigenvalue weighted by molar-refractivity contribution is 6.02. The quantitative estimate of drug-likeness (QED) is 0.449. The number of hydrogen-bond donors (Lipinski definition) is 2. The number of hydrogen-bond acceptors (Lipinski definition) is 4. The van der Waals surface area contributed by atoms with Crippen LogP contribution in [0.3, 0.4) is 0 Å². The van der Waals surface area contributed by atoms with Crippen LogP contribution in [0.15, 0.2) is 60.7 Å². The Morgan fingerprint density at radius 1 is 0.971 bits per heavy atom. The van der Waals surface area contributed by atoms with Crippen LogP contribution < -0.4 is 20.1 Å². The van der Waals surface area contributed by atoms with Crippen molar-refractivity contribution in [3.63, 3.8) is 0 Å². The molecule has 5 heteroatoms. The molecule has 1 fully saturated rings. The highest BCUT2D eigenvalue weighted by Crippen LogP contribution is 2.51. The van der Waals surface area contributed by atoms with Gasteiger partial charge in [-0.2, -0.15) is 0 Å². The Kier molecular flexibility index (Phi) is 6.05. The smallest absolute Gasteiger partial charge is 0.235 e. The predicted molar refractivity (Wildman–Crippen MR) is 135 cm³/mol. The largest absolute Gasteiger partial charge is 0.454 e. The van der Waals surface area contributed by atoms with Crippen LogP contribution >= 0.6 is 0 Å². The average molecular weight is 457 g/mol. The summed E-state index contributed by atoms with van der Waals surface area (Å²) in [5.41, 5.74) is 6.05. The molecule has 2 N–H and O–H groups in total. The van der Waals surface area contributed by atoms with Gasteiger partial charge in [0.1, 0.15) is 0 Å². The Bertz CT molecular complexity index is 1200. The second-order valence-electron chi connectivity index (χ2n) is 9.86. The topological polar surface area (TPSA) is 59.6 Å². The van der Waals surface area contributed by atoms with Crippen molar-refractivity contribution in [2.24, 2.45) is 5.92 Å². The number of nitrogens with one attached hydrogen (secondary N) is 2. The molecule has 0 unspecified atom stereocenters. The van der Waals surface area contributed by atoms with Crippen molar-refractivity contribution in [1.82, 2.24) is 5.32 Å². The lowest BCUT2D eigenvalue weighted by Gasteiger charge is -2.17. The lowest BCUT2D eigenvalue weighted by molar-refractivity contribution is -0.118. The van der Waals surface area contributed by atoms with E-state index in [9.17, 15) is 4.79 Å². The zero-order chi connectivity index (χ0) is 23.7. The van der Waals surface area contributed by atoms with Gasteiger partial charge in [-0.1, -0.05) is 50.2 Å². The molecule has 1 amide bonds. The van der Waals surface area contributed by atoms with E-state index >= 15 is 0 Å². The molecule has 0 atom stereocenters. The Labute approximate surface area is 201 Å². The third-order valence-corrected chi connectivity index (χ3v) is 6.75. The molecule has 5 nitrogen and oxygen atoms in total. The van der Waals surface area contributed by atoms with Gasteiger partial charge in [0.25, 0.3) is 0 Å². The normalized spacial score (nSPS) is 15.4. The molecule has 1 heterocycles. The monoisotopic (exact) mass is 456 g/mol. The number of fused-ring (bicyclic) bond motifs is 1. The van der Waals surface area contributed by atoms with E-state index < -0.39 is 5.41 Å². The number of carbonyl (C=O) groups excluding carboxylic acids is 1. The molecule has 3 aromatic rings. The third-order valence-electron chi connectivity index (χ3n) is 6.75. The van der Waals surface area contributed by atoms with Crippen molar-refractivity contribution < 1.29 is 14.3 Å². The number of aryl methyl sites for hydroxylation is 1. The SMILES string of the molecule is Cc1ccc(NC(=O)C2(c3ccc4c(c3)OCO4)CC2)cc1-c1ccc(CNCC(C)C)cc1. The molecular formula is C29H32N2O3. The zero-order valence-corrected chi connectivity index (χ0v) is 20.1. The highest BCUT2D eigenvalue weighted by atomic mass is 16.7. The fourth-order valence-corrected chi connectivity index (χ4v) is 4.53. The first-order chi connectivity index (χ1) is 16.4. The number of rotatable bonds is 8. The summed E-state index contributed by atoms with van der Waals surface area (Å²) in [5.74, 6) is 2.13. The number of ether oxygens (including phenoxy) is 2. The molecule has 5 rings (SSSR count). The summed E-state index contributed by atoms with van der Waals surface area (Å²) in [4.78, 5) is 13.3. The molecule has 0 spiro atoms. The summed E-state index contributed by atoms with van der Waals surface area (Å²) >= 11 is 0. The van der Waals surface area contributed by atoms with Gasteiger partial charge in [-0.25, -0.2) is 0 Å². The van der Waals surface area contributed by atoms with Crippen molar-refractivity contribution in [3.05, 3.63) is 77.4 Å². The summed E-state index contributed by atoms with van der Waals surface area (Å²) < 4.78 is 10.9. The zero-order valence-electron chi connectivity index (χ0n) is 20.1. The minimum atomic E-state index is -0.489. The lowest BCUT2D eigenvalue weighted by atomic mass is 9.94. The van der Waals surface area contributed by atoms with E-state index in [0.29, 0.717) is 5.92 Å². The van der Waals surface area contributed by atoms with Crippen molar-refractivity contribution in [2.75, 3.05) is 18.7 Å². The summed E-state index contributed by atoms with van der Waals surface area (Å²) in [6, 6.07) is 20.6. The Morgan fingerprint density at radius 2 is 1.74 bits per heavy atom. The predicted octanol–water partition coefficient (Wildman–Crippen LogP) is 5.81. The fourth-order valence-electron chi connectivity index (χ4n) is 4.53. The first-order valence-electron chi connectivity index (χ1n) is 12.1. The molecule has 1 aliphatic carbocycles. The molecule has 1 aliphatic heterocycles. The maximum Gasteiger partial charge on any atom is 0.235 e. The molecule has 34 heavy (non-hydrogen) atoms. The molecule has 0 radical (unpaired) electrons. The van der Waals surface area contributed by atoms with Gasteiger partial charge in [0.15, 0.2) is 11.5 Å². The summed E-state index contributed by atoms with van der Waals surface area (Å²) in [5, 5.41) is 6.66. The van der Waals surface area contributed by atoms with Gasteiger partial charge < -0.3 is 20.1 Å². The van der Waals surface area contributed by atoms with E-state index in [1.807, 2.05) is 24.3 Å².